The van der Waals surface area contributed by atoms with Gasteiger partial charge in [-0.2, -0.15) is 0 Å². The summed E-state index contributed by atoms with van der Waals surface area (Å²) in [5.74, 6) is 2.20. The number of guanidine groups is 1. The maximum Gasteiger partial charge on any atom is 0.191 e. The van der Waals surface area contributed by atoms with Crippen LogP contribution in [0, 0.1) is 5.92 Å². The number of halogens is 1. The van der Waals surface area contributed by atoms with E-state index in [1.165, 1.54) is 0 Å². The molecule has 5 nitrogen and oxygen atoms in total. The Balaban J connectivity index is 0.00000625. The third kappa shape index (κ3) is 10.9. The molecule has 1 aromatic carbocycles. The largest absolute Gasteiger partial charge is 0.494 e. The summed E-state index contributed by atoms with van der Waals surface area (Å²) in [5.41, 5.74) is 1.13. The first-order valence-electron chi connectivity index (χ1n) is 9.58. The number of nitrogens with zero attached hydrogens (tertiary/aromatic N) is 1. The summed E-state index contributed by atoms with van der Waals surface area (Å²) in [6, 6.07) is 8.11. The summed E-state index contributed by atoms with van der Waals surface area (Å²) in [6.45, 7) is 9.59. The maximum absolute atomic E-state index is 9.19. The van der Waals surface area contributed by atoms with Gasteiger partial charge in [0.2, 0.25) is 0 Å². The molecule has 0 spiro atoms. The highest BCUT2D eigenvalue weighted by Gasteiger charge is 2.08. The average Bonchev–Trinajstić information content (AvgIpc) is 2.63. The summed E-state index contributed by atoms with van der Waals surface area (Å²) < 4.78 is 5.68. The Morgan fingerprint density at radius 1 is 1.15 bits per heavy atom. The van der Waals surface area contributed by atoms with Crippen molar-refractivity contribution in [2.45, 2.75) is 53.0 Å². The Morgan fingerprint density at radius 2 is 1.96 bits per heavy atom. The Hall–Kier alpha value is -1.02. The first kappa shape index (κ1) is 25.0. The number of aliphatic hydroxyl groups excluding tert-OH is 1. The van der Waals surface area contributed by atoms with Gasteiger partial charge < -0.3 is 20.5 Å². The summed E-state index contributed by atoms with van der Waals surface area (Å²) >= 11 is 0. The van der Waals surface area contributed by atoms with Gasteiger partial charge >= 0.3 is 0 Å². The number of hydrogen-bond acceptors (Lipinski definition) is 3. The van der Waals surface area contributed by atoms with E-state index < -0.39 is 0 Å². The third-order valence-electron chi connectivity index (χ3n) is 3.93. The van der Waals surface area contributed by atoms with Crippen LogP contribution in [-0.2, 0) is 6.54 Å². The van der Waals surface area contributed by atoms with Gasteiger partial charge in [-0.3, -0.25) is 0 Å². The minimum Gasteiger partial charge on any atom is -0.494 e. The molecule has 3 N–H and O–H groups in total. The lowest BCUT2D eigenvalue weighted by Crippen LogP contribution is -2.40. The van der Waals surface area contributed by atoms with Gasteiger partial charge in [0, 0.05) is 19.7 Å². The second kappa shape index (κ2) is 16.2. The molecule has 0 heterocycles. The normalized spacial score (nSPS) is 12.2. The van der Waals surface area contributed by atoms with Gasteiger partial charge in [0.05, 0.1) is 13.2 Å². The van der Waals surface area contributed by atoms with Crippen molar-refractivity contribution in [2.24, 2.45) is 10.9 Å². The van der Waals surface area contributed by atoms with Crippen LogP contribution in [0.1, 0.15) is 52.0 Å². The molecule has 0 aromatic heterocycles. The summed E-state index contributed by atoms with van der Waals surface area (Å²) in [4.78, 5) is 4.67. The second-order valence-corrected chi connectivity index (χ2v) is 6.24. The molecular formula is C20H36IN3O2. The zero-order chi connectivity index (χ0) is 18.3. The van der Waals surface area contributed by atoms with E-state index in [-0.39, 0.29) is 30.6 Å². The van der Waals surface area contributed by atoms with E-state index in [9.17, 15) is 5.11 Å². The van der Waals surface area contributed by atoms with Gasteiger partial charge in [-0.15, -0.1) is 24.0 Å². The summed E-state index contributed by atoms with van der Waals surface area (Å²) in [7, 11) is 0. The Morgan fingerprint density at radius 3 is 2.62 bits per heavy atom. The monoisotopic (exact) mass is 477 g/mol. The van der Waals surface area contributed by atoms with Crippen molar-refractivity contribution in [3.63, 3.8) is 0 Å². The number of benzene rings is 1. The van der Waals surface area contributed by atoms with Crippen molar-refractivity contribution in [3.8, 4) is 5.75 Å². The van der Waals surface area contributed by atoms with Crippen molar-refractivity contribution >= 4 is 29.9 Å². The number of hydrogen-bond donors (Lipinski definition) is 3. The molecule has 6 heteroatoms. The van der Waals surface area contributed by atoms with E-state index in [2.05, 4.69) is 42.5 Å². The highest BCUT2D eigenvalue weighted by Crippen LogP contribution is 2.14. The lowest BCUT2D eigenvalue weighted by atomic mass is 10.0. The van der Waals surface area contributed by atoms with Crippen molar-refractivity contribution in [3.05, 3.63) is 29.8 Å². The minimum absolute atomic E-state index is 0. The molecule has 0 radical (unpaired) electrons. The summed E-state index contributed by atoms with van der Waals surface area (Å²) in [6.07, 6.45) is 4.08. The van der Waals surface area contributed by atoms with Gasteiger partial charge in [-0.25, -0.2) is 4.99 Å². The van der Waals surface area contributed by atoms with Crippen LogP contribution in [0.15, 0.2) is 29.3 Å². The standard InChI is InChI=1S/C20H35N3O2.HI/c1-4-8-17(11-12-24)15-22-20(21-6-3)23-16-18-9-7-10-19(14-18)25-13-5-2;/h7,9-10,14,17,24H,4-6,8,11-13,15-16H2,1-3H3,(H2,21,22,23);1H. The average molecular weight is 477 g/mol. The molecule has 1 aromatic rings. The molecule has 150 valence electrons. The lowest BCUT2D eigenvalue weighted by molar-refractivity contribution is 0.251. The topological polar surface area (TPSA) is 65.9 Å². The predicted octanol–water partition coefficient (Wildman–Crippen LogP) is 3.95. The molecule has 26 heavy (non-hydrogen) atoms. The van der Waals surface area contributed by atoms with E-state index in [4.69, 9.17) is 4.74 Å². The highest BCUT2D eigenvalue weighted by atomic mass is 127. The fourth-order valence-electron chi connectivity index (χ4n) is 2.65. The van der Waals surface area contributed by atoms with Crippen LogP contribution in [0.4, 0.5) is 0 Å². The zero-order valence-electron chi connectivity index (χ0n) is 16.5. The van der Waals surface area contributed by atoms with Crippen molar-refractivity contribution in [1.82, 2.24) is 10.6 Å². The second-order valence-electron chi connectivity index (χ2n) is 6.24. The maximum atomic E-state index is 9.19. The third-order valence-corrected chi connectivity index (χ3v) is 3.93. The van der Waals surface area contributed by atoms with Crippen molar-refractivity contribution in [1.29, 1.82) is 0 Å². The zero-order valence-corrected chi connectivity index (χ0v) is 18.8. The molecule has 0 saturated heterocycles. The van der Waals surface area contributed by atoms with Gasteiger partial charge in [-0.05, 0) is 49.8 Å². The van der Waals surface area contributed by atoms with Crippen LogP contribution >= 0.6 is 24.0 Å². The quantitative estimate of drug-likeness (QED) is 0.242. The van der Waals surface area contributed by atoms with Gasteiger partial charge in [0.15, 0.2) is 5.96 Å². The minimum atomic E-state index is 0. The number of ether oxygens (including phenoxy) is 1. The fraction of sp³-hybridized carbons (Fsp3) is 0.650. The Labute approximate surface area is 176 Å². The molecule has 1 atom stereocenters. The molecule has 1 rings (SSSR count). The molecule has 0 aliphatic carbocycles. The molecule has 0 amide bonds. The fourth-order valence-corrected chi connectivity index (χ4v) is 2.65. The number of rotatable bonds is 12. The Bertz CT molecular complexity index is 492. The number of aliphatic imine (C=N–C) groups is 1. The van der Waals surface area contributed by atoms with Crippen LogP contribution in [0.3, 0.4) is 0 Å². The SMILES string of the molecule is CCCOc1cccc(CN=C(NCC)NCC(CCC)CCO)c1.I. The molecule has 0 aliphatic heterocycles. The molecular weight excluding hydrogens is 441 g/mol. The van der Waals surface area contributed by atoms with Crippen LogP contribution < -0.4 is 15.4 Å². The van der Waals surface area contributed by atoms with Gasteiger partial charge in [0.25, 0.3) is 0 Å². The van der Waals surface area contributed by atoms with Crippen LogP contribution in [0.2, 0.25) is 0 Å². The molecule has 1 unspecified atom stereocenters. The first-order chi connectivity index (χ1) is 12.2. The first-order valence-corrected chi connectivity index (χ1v) is 9.58. The van der Waals surface area contributed by atoms with Crippen LogP contribution in [-0.4, -0.2) is 37.4 Å². The van der Waals surface area contributed by atoms with Gasteiger partial charge in [-0.1, -0.05) is 32.4 Å². The number of aliphatic hydroxyl groups is 1. The van der Waals surface area contributed by atoms with Crippen LogP contribution in [0.25, 0.3) is 0 Å². The highest BCUT2D eigenvalue weighted by molar-refractivity contribution is 14.0. The van der Waals surface area contributed by atoms with E-state index in [0.717, 1.165) is 62.7 Å². The predicted molar refractivity (Wildman–Crippen MR) is 121 cm³/mol. The molecule has 0 saturated carbocycles. The van der Waals surface area contributed by atoms with E-state index in [1.54, 1.807) is 0 Å². The van der Waals surface area contributed by atoms with Crippen molar-refractivity contribution < 1.29 is 9.84 Å². The van der Waals surface area contributed by atoms with Gasteiger partial charge in [0.1, 0.15) is 5.75 Å². The number of nitrogens with one attached hydrogen (secondary N) is 2. The molecule has 0 aliphatic rings. The molecule has 0 fully saturated rings. The van der Waals surface area contributed by atoms with Crippen LogP contribution in [0.5, 0.6) is 5.75 Å². The van der Waals surface area contributed by atoms with E-state index in [0.29, 0.717) is 12.5 Å². The lowest BCUT2D eigenvalue weighted by Gasteiger charge is -2.18. The Kier molecular flexibility index (Phi) is 15.5. The molecule has 0 bridgehead atoms. The van der Waals surface area contributed by atoms with E-state index in [1.807, 2.05) is 18.2 Å². The summed E-state index contributed by atoms with van der Waals surface area (Å²) in [5, 5.41) is 15.9. The van der Waals surface area contributed by atoms with E-state index >= 15 is 0 Å². The van der Waals surface area contributed by atoms with Crippen molar-refractivity contribution in [2.75, 3.05) is 26.3 Å². The smallest absolute Gasteiger partial charge is 0.191 e.